The van der Waals surface area contributed by atoms with Crippen LogP contribution in [-0.4, -0.2) is 25.6 Å². The third-order valence-electron chi connectivity index (χ3n) is 8.88. The zero-order valence-electron chi connectivity index (χ0n) is 27.7. The first-order valence-electron chi connectivity index (χ1n) is 15.4. The first-order valence-corrected chi connectivity index (χ1v) is 21.2. The van der Waals surface area contributed by atoms with E-state index in [1.807, 2.05) is 0 Å². The van der Waals surface area contributed by atoms with E-state index in [1.54, 1.807) is 11.3 Å². The monoisotopic (exact) mass is 705 g/mol. The minimum atomic E-state index is -1.98. The molecular weight excluding hydrogens is 657 g/mol. The summed E-state index contributed by atoms with van der Waals surface area (Å²) in [5, 5.41) is 7.71. The summed E-state index contributed by atoms with van der Waals surface area (Å²) in [5.41, 5.74) is 3.71. The maximum Gasteiger partial charge on any atom is 0.192 e. The Balaban J connectivity index is 0.00000529. The highest BCUT2D eigenvalue weighted by atomic mass is 79.9. The number of halogens is 1. The Morgan fingerprint density at radius 2 is 1.34 bits per heavy atom. The third-order valence-corrected chi connectivity index (χ3v) is 18.6. The van der Waals surface area contributed by atoms with Crippen molar-refractivity contribution in [2.24, 2.45) is 0 Å². The van der Waals surface area contributed by atoms with Crippen LogP contribution in [0, 0.1) is 6.92 Å². The maximum absolute atomic E-state index is 7.06. The van der Waals surface area contributed by atoms with Crippen LogP contribution in [0.5, 0.6) is 0 Å². The number of thiazole rings is 1. The van der Waals surface area contributed by atoms with Gasteiger partial charge in [-0.3, -0.25) is 0 Å². The quantitative estimate of drug-likeness (QED) is 0.0903. The van der Waals surface area contributed by atoms with E-state index in [0.717, 1.165) is 29.7 Å². The molecule has 1 atom stereocenters. The van der Waals surface area contributed by atoms with Crippen molar-refractivity contribution in [1.29, 1.82) is 0 Å². The van der Waals surface area contributed by atoms with E-state index in [0.29, 0.717) is 0 Å². The summed E-state index contributed by atoms with van der Waals surface area (Å²) in [4.78, 5) is 4.70. The average molecular weight is 707 g/mol. The number of benzene rings is 3. The summed E-state index contributed by atoms with van der Waals surface area (Å²) < 4.78 is 7.06. The maximum atomic E-state index is 7.06. The van der Waals surface area contributed by atoms with Gasteiger partial charge in [0.1, 0.15) is 23.2 Å². The molecule has 0 aliphatic rings. The summed E-state index contributed by atoms with van der Waals surface area (Å²) in [6, 6.07) is 33.6. The fourth-order valence-corrected chi connectivity index (χ4v) is 11.6. The minimum Gasteiger partial charge on any atom is -1.00 e. The lowest BCUT2D eigenvalue weighted by atomic mass is 10.1. The molecule has 2 nitrogen and oxygen atoms in total. The van der Waals surface area contributed by atoms with Gasteiger partial charge in [-0.05, 0) is 93.4 Å². The summed E-state index contributed by atoms with van der Waals surface area (Å²) >= 11 is 1.70. The molecule has 0 fully saturated rings. The van der Waals surface area contributed by atoms with Gasteiger partial charge in [0.15, 0.2) is 8.32 Å². The molecule has 3 aromatic carbocycles. The first kappa shape index (κ1) is 36.3. The molecule has 0 amide bonds. The minimum absolute atomic E-state index is 0. The summed E-state index contributed by atoms with van der Waals surface area (Å²) in [6.45, 7) is 18.3. The molecular formula is C38H49BrNOPSSi. The molecule has 4 aromatic rings. The number of hydrogen-bond donors (Lipinski definition) is 0. The molecule has 0 bridgehead atoms. The van der Waals surface area contributed by atoms with E-state index < -0.39 is 15.6 Å². The lowest BCUT2D eigenvalue weighted by molar-refractivity contribution is -0.0000102. The molecule has 0 N–H and O–H groups in total. The van der Waals surface area contributed by atoms with Gasteiger partial charge < -0.3 is 21.4 Å². The molecule has 1 heterocycles. The molecule has 0 saturated carbocycles. The van der Waals surface area contributed by atoms with Crippen molar-refractivity contribution in [2.45, 2.75) is 78.6 Å². The highest BCUT2D eigenvalue weighted by Crippen LogP contribution is 2.56. The van der Waals surface area contributed by atoms with Gasteiger partial charge in [0, 0.05) is 11.8 Å². The standard InChI is InChI=1S/C38H49NOPSSi.BrH/c1-30(24-25-37(40-43(7,8)38(4,5)6)31(2)28-33-29-42-32(3)39-33)26-27-41(34-18-12-9-13-19-34,35-20-14-10-15-21-35)36-22-16-11-17-23-36;/h9-24,28-29,37H,25-27H2,1-8H3;1H/q+1;/p-1/b30-24+,31-28+;/t37-;/m0./s1. The van der Waals surface area contributed by atoms with Crippen LogP contribution in [0.3, 0.4) is 0 Å². The normalized spacial score (nSPS) is 13.8. The number of nitrogens with zero attached hydrogens (tertiary/aromatic N) is 1. The number of allylic oxidation sites excluding steroid dienone is 1. The number of hydrogen-bond acceptors (Lipinski definition) is 3. The Hall–Kier alpha value is -2.14. The van der Waals surface area contributed by atoms with Gasteiger partial charge in [-0.2, -0.15) is 0 Å². The fraction of sp³-hybridized carbons (Fsp3) is 0.342. The van der Waals surface area contributed by atoms with Gasteiger partial charge >= 0.3 is 0 Å². The predicted molar refractivity (Wildman–Crippen MR) is 196 cm³/mol. The topological polar surface area (TPSA) is 22.1 Å². The van der Waals surface area contributed by atoms with Crippen LogP contribution < -0.4 is 32.9 Å². The smallest absolute Gasteiger partial charge is 0.192 e. The van der Waals surface area contributed by atoms with Gasteiger partial charge in [0.05, 0.1) is 23.0 Å². The molecule has 0 radical (unpaired) electrons. The Morgan fingerprint density at radius 3 is 1.75 bits per heavy atom. The highest BCUT2D eigenvalue weighted by Gasteiger charge is 2.44. The zero-order chi connectivity index (χ0) is 31.1. The lowest BCUT2D eigenvalue weighted by Gasteiger charge is -2.39. The molecule has 234 valence electrons. The van der Waals surface area contributed by atoms with E-state index in [4.69, 9.17) is 9.41 Å². The lowest BCUT2D eigenvalue weighted by Crippen LogP contribution is -3.00. The number of aryl methyl sites for hydroxylation is 1. The van der Waals surface area contributed by atoms with Crippen LogP contribution in [-0.2, 0) is 4.43 Å². The first-order chi connectivity index (χ1) is 20.4. The molecule has 4 rings (SSSR count). The summed E-state index contributed by atoms with van der Waals surface area (Å²) in [5.74, 6) is 0. The predicted octanol–water partition coefficient (Wildman–Crippen LogP) is 6.97. The number of aromatic nitrogens is 1. The SMILES string of the molecule is C/C(=C\C[C@H](O[Si](C)(C)C(C)(C)C)/C(C)=C/c1csc(C)n1)CC[P+](c1ccccc1)(c1ccccc1)c1ccccc1.[Br-]. The molecule has 0 aliphatic carbocycles. The van der Waals surface area contributed by atoms with Crippen molar-refractivity contribution < 1.29 is 21.4 Å². The molecule has 0 aliphatic heterocycles. The van der Waals surface area contributed by atoms with Gasteiger partial charge in [-0.1, -0.05) is 87.0 Å². The van der Waals surface area contributed by atoms with Gasteiger partial charge in [0.2, 0.25) is 0 Å². The Bertz CT molecular complexity index is 1410. The van der Waals surface area contributed by atoms with E-state index in [9.17, 15) is 0 Å². The van der Waals surface area contributed by atoms with E-state index in [-0.39, 0.29) is 28.1 Å². The molecule has 0 spiro atoms. The van der Waals surface area contributed by atoms with Crippen molar-refractivity contribution >= 4 is 48.9 Å². The Labute approximate surface area is 283 Å². The largest absolute Gasteiger partial charge is 1.00 e. The molecule has 6 heteroatoms. The van der Waals surface area contributed by atoms with Crippen LogP contribution in [0.4, 0.5) is 0 Å². The van der Waals surface area contributed by atoms with E-state index >= 15 is 0 Å². The second-order valence-electron chi connectivity index (χ2n) is 13.1. The van der Waals surface area contributed by atoms with Crippen molar-refractivity contribution in [3.05, 3.63) is 124 Å². The van der Waals surface area contributed by atoms with Crippen LogP contribution in [0.25, 0.3) is 6.08 Å². The second-order valence-corrected chi connectivity index (χ2v) is 22.6. The van der Waals surface area contributed by atoms with Crippen LogP contribution in [0.15, 0.2) is 114 Å². The zero-order valence-corrected chi connectivity index (χ0v) is 32.0. The van der Waals surface area contributed by atoms with E-state index in [1.165, 1.54) is 27.1 Å². The van der Waals surface area contributed by atoms with E-state index in [2.05, 4.69) is 163 Å². The molecule has 0 unspecified atom stereocenters. The van der Waals surface area contributed by atoms with Gasteiger partial charge in [0.25, 0.3) is 0 Å². The highest BCUT2D eigenvalue weighted by molar-refractivity contribution is 7.95. The molecule has 1 aromatic heterocycles. The van der Waals surface area contributed by atoms with Gasteiger partial charge in [-0.15, -0.1) is 11.3 Å². The van der Waals surface area contributed by atoms with Gasteiger partial charge in [-0.25, -0.2) is 4.98 Å². The summed E-state index contributed by atoms with van der Waals surface area (Å²) in [6.07, 6.45) is 7.70. The average Bonchev–Trinajstić information content (AvgIpc) is 3.40. The third kappa shape index (κ3) is 8.98. The Morgan fingerprint density at radius 1 is 0.864 bits per heavy atom. The Kier molecular flexibility index (Phi) is 13.1. The van der Waals surface area contributed by atoms with Crippen molar-refractivity contribution in [3.63, 3.8) is 0 Å². The van der Waals surface area contributed by atoms with Crippen molar-refractivity contribution in [3.8, 4) is 0 Å². The van der Waals surface area contributed by atoms with Crippen LogP contribution >= 0.6 is 18.6 Å². The fourth-order valence-electron chi connectivity index (χ4n) is 5.27. The van der Waals surface area contributed by atoms with Crippen molar-refractivity contribution in [2.75, 3.05) is 6.16 Å². The number of rotatable bonds is 12. The van der Waals surface area contributed by atoms with Crippen LogP contribution in [0.2, 0.25) is 18.1 Å². The molecule has 44 heavy (non-hydrogen) atoms. The van der Waals surface area contributed by atoms with Crippen molar-refractivity contribution in [1.82, 2.24) is 4.98 Å². The van der Waals surface area contributed by atoms with Crippen LogP contribution in [0.1, 0.15) is 58.2 Å². The molecule has 0 saturated heterocycles. The second kappa shape index (κ2) is 15.9. The summed E-state index contributed by atoms with van der Waals surface area (Å²) in [7, 11) is -3.83.